The maximum atomic E-state index is 11.5. The average Bonchev–Trinajstić information content (AvgIpc) is 2.69. The van der Waals surface area contributed by atoms with Crippen molar-refractivity contribution in [1.29, 1.82) is 0 Å². The van der Waals surface area contributed by atoms with Crippen molar-refractivity contribution >= 4 is 12.0 Å². The van der Waals surface area contributed by atoms with Crippen LogP contribution >= 0.6 is 0 Å². The first kappa shape index (κ1) is 26.5. The van der Waals surface area contributed by atoms with E-state index in [4.69, 9.17) is 0 Å². The summed E-state index contributed by atoms with van der Waals surface area (Å²) >= 11 is 0. The van der Waals surface area contributed by atoms with Gasteiger partial charge in [0.25, 0.3) is 0 Å². The summed E-state index contributed by atoms with van der Waals surface area (Å²) in [5.41, 5.74) is -0.0491. The SMILES string of the molecule is C=C(NC(=O)NCCCCCCCCCCCCCCCCCC)C(=O)OC. The van der Waals surface area contributed by atoms with Crippen molar-refractivity contribution in [3.05, 3.63) is 12.3 Å². The van der Waals surface area contributed by atoms with Crippen LogP contribution in [-0.4, -0.2) is 25.7 Å². The largest absolute Gasteiger partial charge is 0.464 e. The molecule has 0 saturated carbocycles. The van der Waals surface area contributed by atoms with Crippen molar-refractivity contribution in [1.82, 2.24) is 10.6 Å². The standard InChI is InChI=1S/C23H44N2O3/c1-4-5-6-7-8-9-10-11-12-13-14-15-16-17-18-19-20-24-23(27)25-21(2)22(26)28-3/h2,4-20H2,1,3H3,(H2,24,25,27). The molecule has 0 unspecified atom stereocenters. The van der Waals surface area contributed by atoms with Crippen molar-refractivity contribution in [2.45, 2.75) is 110 Å². The van der Waals surface area contributed by atoms with Gasteiger partial charge in [0.15, 0.2) is 0 Å². The van der Waals surface area contributed by atoms with Gasteiger partial charge in [-0.05, 0) is 6.42 Å². The summed E-state index contributed by atoms with van der Waals surface area (Å²) in [4.78, 5) is 22.7. The Bertz CT molecular complexity index is 411. The highest BCUT2D eigenvalue weighted by Crippen LogP contribution is 2.13. The van der Waals surface area contributed by atoms with Gasteiger partial charge in [-0.1, -0.05) is 110 Å². The Labute approximate surface area is 173 Å². The highest BCUT2D eigenvalue weighted by atomic mass is 16.5. The first-order valence-electron chi connectivity index (χ1n) is 11.4. The van der Waals surface area contributed by atoms with Crippen molar-refractivity contribution in [2.24, 2.45) is 0 Å². The lowest BCUT2D eigenvalue weighted by molar-refractivity contribution is -0.136. The molecule has 0 aliphatic rings. The zero-order chi connectivity index (χ0) is 20.9. The Morgan fingerprint density at radius 2 is 1.11 bits per heavy atom. The smallest absolute Gasteiger partial charge is 0.353 e. The van der Waals surface area contributed by atoms with Gasteiger partial charge in [-0.25, -0.2) is 9.59 Å². The van der Waals surface area contributed by atoms with Crippen LogP contribution in [0.25, 0.3) is 0 Å². The van der Waals surface area contributed by atoms with Gasteiger partial charge in [0.1, 0.15) is 5.70 Å². The fourth-order valence-corrected chi connectivity index (χ4v) is 3.23. The molecule has 0 spiro atoms. The van der Waals surface area contributed by atoms with Crippen molar-refractivity contribution in [3.8, 4) is 0 Å². The number of unbranched alkanes of at least 4 members (excludes halogenated alkanes) is 15. The molecule has 2 amide bonds. The third-order valence-corrected chi connectivity index (χ3v) is 5.01. The van der Waals surface area contributed by atoms with Crippen LogP contribution in [0.15, 0.2) is 12.3 Å². The van der Waals surface area contributed by atoms with E-state index in [1.54, 1.807) is 0 Å². The van der Waals surface area contributed by atoms with E-state index in [9.17, 15) is 9.59 Å². The number of rotatable bonds is 19. The molecular weight excluding hydrogens is 352 g/mol. The highest BCUT2D eigenvalue weighted by molar-refractivity contribution is 5.92. The number of urea groups is 1. The third-order valence-electron chi connectivity index (χ3n) is 5.01. The van der Waals surface area contributed by atoms with Gasteiger partial charge in [0, 0.05) is 6.54 Å². The normalized spacial score (nSPS) is 10.5. The van der Waals surface area contributed by atoms with E-state index in [0.717, 1.165) is 12.8 Å². The lowest BCUT2D eigenvalue weighted by Gasteiger charge is -2.08. The van der Waals surface area contributed by atoms with Crippen molar-refractivity contribution in [3.63, 3.8) is 0 Å². The molecule has 0 rings (SSSR count). The van der Waals surface area contributed by atoms with Gasteiger partial charge in [0.2, 0.25) is 0 Å². The van der Waals surface area contributed by atoms with Crippen LogP contribution < -0.4 is 10.6 Å². The van der Waals surface area contributed by atoms with Crippen LogP contribution in [0.4, 0.5) is 4.79 Å². The van der Waals surface area contributed by atoms with Gasteiger partial charge in [0.05, 0.1) is 7.11 Å². The van der Waals surface area contributed by atoms with Crippen LogP contribution in [0.3, 0.4) is 0 Å². The minimum atomic E-state index is -0.627. The lowest BCUT2D eigenvalue weighted by atomic mass is 10.0. The topological polar surface area (TPSA) is 67.4 Å². The number of ether oxygens (including phenoxy) is 1. The summed E-state index contributed by atoms with van der Waals surface area (Å²) < 4.78 is 4.47. The number of nitrogens with one attached hydrogen (secondary N) is 2. The summed E-state index contributed by atoms with van der Waals surface area (Å²) in [6.45, 7) is 6.33. The number of hydrogen-bond acceptors (Lipinski definition) is 3. The van der Waals surface area contributed by atoms with Gasteiger partial charge >= 0.3 is 12.0 Å². The summed E-state index contributed by atoms with van der Waals surface area (Å²) in [5, 5.41) is 5.09. The molecule has 0 aromatic rings. The Hall–Kier alpha value is -1.52. The number of methoxy groups -OCH3 is 1. The second-order valence-corrected chi connectivity index (χ2v) is 7.65. The molecule has 0 aromatic carbocycles. The first-order chi connectivity index (χ1) is 13.6. The number of esters is 1. The number of carbonyl (C=O) groups excluding carboxylic acids is 2. The molecule has 5 heteroatoms. The highest BCUT2D eigenvalue weighted by Gasteiger charge is 2.09. The van der Waals surface area contributed by atoms with Crippen molar-refractivity contribution < 1.29 is 14.3 Å². The molecule has 0 heterocycles. The fraction of sp³-hybridized carbons (Fsp3) is 0.826. The number of carbonyl (C=O) groups is 2. The summed E-state index contributed by atoms with van der Waals surface area (Å²) in [5.74, 6) is -0.627. The van der Waals surface area contributed by atoms with Crippen LogP contribution in [-0.2, 0) is 9.53 Å². The molecule has 0 fully saturated rings. The minimum Gasteiger partial charge on any atom is -0.464 e. The fourth-order valence-electron chi connectivity index (χ4n) is 3.23. The maximum absolute atomic E-state index is 11.5. The molecule has 0 aromatic heterocycles. The molecule has 0 aliphatic carbocycles. The molecule has 2 N–H and O–H groups in total. The van der Waals surface area contributed by atoms with Crippen LogP contribution in [0, 0.1) is 0 Å². The van der Waals surface area contributed by atoms with Crippen LogP contribution in [0.5, 0.6) is 0 Å². The molecule has 0 bridgehead atoms. The molecule has 28 heavy (non-hydrogen) atoms. The predicted octanol–water partition coefficient (Wildman–Crippen LogP) is 6.23. The van der Waals surface area contributed by atoms with E-state index in [1.165, 1.54) is 97.0 Å². The van der Waals surface area contributed by atoms with E-state index in [0.29, 0.717) is 6.54 Å². The lowest BCUT2D eigenvalue weighted by Crippen LogP contribution is -2.37. The van der Waals surface area contributed by atoms with Gasteiger partial charge in [-0.2, -0.15) is 0 Å². The van der Waals surface area contributed by atoms with E-state index in [2.05, 4.69) is 28.9 Å². The Morgan fingerprint density at radius 1 is 0.714 bits per heavy atom. The van der Waals surface area contributed by atoms with E-state index < -0.39 is 12.0 Å². The zero-order valence-corrected chi connectivity index (χ0v) is 18.5. The predicted molar refractivity (Wildman–Crippen MR) is 117 cm³/mol. The van der Waals surface area contributed by atoms with E-state index in [-0.39, 0.29) is 5.70 Å². The summed E-state index contributed by atoms with van der Waals surface area (Å²) in [7, 11) is 1.25. The maximum Gasteiger partial charge on any atom is 0.353 e. The third kappa shape index (κ3) is 17.9. The van der Waals surface area contributed by atoms with Crippen LogP contribution in [0.2, 0.25) is 0 Å². The van der Waals surface area contributed by atoms with E-state index >= 15 is 0 Å². The zero-order valence-electron chi connectivity index (χ0n) is 18.5. The van der Waals surface area contributed by atoms with Crippen LogP contribution in [0.1, 0.15) is 110 Å². The first-order valence-corrected chi connectivity index (χ1v) is 11.4. The molecule has 0 radical (unpaired) electrons. The molecule has 5 nitrogen and oxygen atoms in total. The van der Waals surface area contributed by atoms with Gasteiger partial charge < -0.3 is 15.4 Å². The molecule has 164 valence electrons. The molecule has 0 saturated heterocycles. The minimum absolute atomic E-state index is 0.0491. The quantitative estimate of drug-likeness (QED) is 0.154. The summed E-state index contributed by atoms with van der Waals surface area (Å²) in [6, 6.07) is -0.406. The summed E-state index contributed by atoms with van der Waals surface area (Å²) in [6.07, 6.45) is 21.3. The second-order valence-electron chi connectivity index (χ2n) is 7.65. The Balaban J connectivity index is 3.22. The molecular formula is C23H44N2O3. The monoisotopic (exact) mass is 396 g/mol. The molecule has 0 atom stereocenters. The number of hydrogen-bond donors (Lipinski definition) is 2. The Kier molecular flexibility index (Phi) is 19.1. The average molecular weight is 397 g/mol. The van der Waals surface area contributed by atoms with E-state index in [1.807, 2.05) is 0 Å². The Morgan fingerprint density at radius 3 is 1.50 bits per heavy atom. The van der Waals surface area contributed by atoms with Gasteiger partial charge in [-0.15, -0.1) is 0 Å². The molecule has 0 aliphatic heterocycles. The van der Waals surface area contributed by atoms with Gasteiger partial charge in [-0.3, -0.25) is 0 Å². The van der Waals surface area contributed by atoms with Crippen molar-refractivity contribution in [2.75, 3.05) is 13.7 Å². The number of amides is 2. The second kappa shape index (κ2) is 20.2.